The summed E-state index contributed by atoms with van der Waals surface area (Å²) < 4.78 is 28.9. The molecule has 6 rings (SSSR count). The van der Waals surface area contributed by atoms with Gasteiger partial charge in [0.25, 0.3) is 10.0 Å². The Labute approximate surface area is 192 Å². The van der Waals surface area contributed by atoms with Gasteiger partial charge in [0, 0.05) is 10.0 Å². The van der Waals surface area contributed by atoms with Crippen LogP contribution in [0, 0.1) is 17.8 Å². The fraction of sp³-hybridized carbons (Fsp3) is 0.458. The van der Waals surface area contributed by atoms with E-state index in [0.717, 1.165) is 23.7 Å². The molecule has 4 saturated carbocycles. The zero-order valence-corrected chi connectivity index (χ0v) is 19.7. The van der Waals surface area contributed by atoms with Gasteiger partial charge in [-0.3, -0.25) is 9.10 Å². The SMILES string of the molecule is O=C(CN(c1cccc(Br)c1)S(=O)(=O)c1ccccc1)NC12CC3CC(CC(C3)C1)C2. The standard InChI is InChI=1S/C24H27BrN2O3S/c25-20-5-4-6-21(12-20)27(31(29,30)22-7-2-1-3-8-22)16-23(28)26-24-13-17-9-18(14-24)11-19(10-17)15-24/h1-8,12,17-19H,9-11,13-16H2,(H,26,28). The third kappa shape index (κ3) is 4.14. The summed E-state index contributed by atoms with van der Waals surface area (Å²) >= 11 is 3.42. The van der Waals surface area contributed by atoms with Gasteiger partial charge in [-0.1, -0.05) is 40.2 Å². The van der Waals surface area contributed by atoms with Gasteiger partial charge in [-0.05, 0) is 86.6 Å². The zero-order valence-electron chi connectivity index (χ0n) is 17.3. The Hall–Kier alpha value is -1.86. The van der Waals surface area contributed by atoms with Crippen molar-refractivity contribution in [2.75, 3.05) is 10.8 Å². The van der Waals surface area contributed by atoms with Gasteiger partial charge >= 0.3 is 0 Å². The number of nitrogens with zero attached hydrogens (tertiary/aromatic N) is 1. The van der Waals surface area contributed by atoms with Crippen molar-refractivity contribution in [2.24, 2.45) is 17.8 Å². The van der Waals surface area contributed by atoms with Crippen LogP contribution in [0.3, 0.4) is 0 Å². The average Bonchev–Trinajstić information content (AvgIpc) is 2.71. The highest BCUT2D eigenvalue weighted by Gasteiger charge is 2.51. The van der Waals surface area contributed by atoms with Crippen molar-refractivity contribution in [1.29, 1.82) is 0 Å². The summed E-state index contributed by atoms with van der Waals surface area (Å²) in [6, 6.07) is 15.4. The van der Waals surface area contributed by atoms with E-state index >= 15 is 0 Å². The molecule has 1 N–H and O–H groups in total. The van der Waals surface area contributed by atoms with Crippen LogP contribution in [-0.2, 0) is 14.8 Å². The van der Waals surface area contributed by atoms with Crippen LogP contribution in [-0.4, -0.2) is 26.4 Å². The molecule has 0 saturated heterocycles. The second kappa shape index (κ2) is 7.93. The highest BCUT2D eigenvalue weighted by Crippen LogP contribution is 2.55. The number of carbonyl (C=O) groups is 1. The molecule has 0 atom stereocenters. The first-order valence-electron chi connectivity index (χ1n) is 11.0. The highest BCUT2D eigenvalue weighted by molar-refractivity contribution is 9.10. The second-order valence-electron chi connectivity index (χ2n) is 9.55. The molecule has 7 heteroatoms. The first kappa shape index (κ1) is 21.0. The number of sulfonamides is 1. The lowest BCUT2D eigenvalue weighted by Gasteiger charge is -2.57. The number of nitrogens with one attached hydrogen (secondary N) is 1. The maximum absolute atomic E-state index is 13.5. The first-order chi connectivity index (χ1) is 14.8. The molecule has 0 spiro atoms. The molecule has 0 aromatic heterocycles. The Bertz CT molecular complexity index is 1050. The maximum atomic E-state index is 13.5. The van der Waals surface area contributed by atoms with Crippen molar-refractivity contribution in [1.82, 2.24) is 5.32 Å². The number of amides is 1. The molecule has 164 valence electrons. The lowest BCUT2D eigenvalue weighted by Crippen LogP contribution is -2.61. The molecule has 0 unspecified atom stereocenters. The molecule has 5 nitrogen and oxygen atoms in total. The van der Waals surface area contributed by atoms with Crippen molar-refractivity contribution in [3.8, 4) is 0 Å². The summed E-state index contributed by atoms with van der Waals surface area (Å²) in [5.41, 5.74) is 0.324. The summed E-state index contributed by atoms with van der Waals surface area (Å²) in [5, 5.41) is 3.31. The minimum Gasteiger partial charge on any atom is -0.349 e. The fourth-order valence-corrected chi connectivity index (χ4v) is 8.22. The molecule has 2 aromatic carbocycles. The van der Waals surface area contributed by atoms with E-state index < -0.39 is 10.0 Å². The average molecular weight is 503 g/mol. The van der Waals surface area contributed by atoms with Crippen molar-refractivity contribution < 1.29 is 13.2 Å². The van der Waals surface area contributed by atoms with E-state index in [1.54, 1.807) is 48.5 Å². The van der Waals surface area contributed by atoms with E-state index in [-0.39, 0.29) is 22.9 Å². The van der Waals surface area contributed by atoms with E-state index in [1.165, 1.54) is 23.6 Å². The van der Waals surface area contributed by atoms with E-state index in [4.69, 9.17) is 0 Å². The van der Waals surface area contributed by atoms with Crippen LogP contribution in [0.5, 0.6) is 0 Å². The predicted octanol–water partition coefficient (Wildman–Crippen LogP) is 4.73. The molecule has 4 aliphatic carbocycles. The number of hydrogen-bond acceptors (Lipinski definition) is 3. The summed E-state index contributed by atoms with van der Waals surface area (Å²) in [6.07, 6.45) is 6.98. The molecule has 0 aliphatic heterocycles. The Morgan fingerprint density at radius 1 is 0.968 bits per heavy atom. The topological polar surface area (TPSA) is 66.5 Å². The van der Waals surface area contributed by atoms with Gasteiger partial charge in [0.1, 0.15) is 6.54 Å². The van der Waals surface area contributed by atoms with Crippen LogP contribution in [0.15, 0.2) is 64.0 Å². The Morgan fingerprint density at radius 2 is 1.58 bits per heavy atom. The normalized spacial score (nSPS) is 29.0. The van der Waals surface area contributed by atoms with E-state index in [1.807, 2.05) is 6.07 Å². The second-order valence-corrected chi connectivity index (χ2v) is 12.3. The van der Waals surface area contributed by atoms with Crippen LogP contribution in [0.4, 0.5) is 5.69 Å². The number of halogens is 1. The lowest BCUT2D eigenvalue weighted by molar-refractivity contribution is -0.125. The minimum absolute atomic E-state index is 0.148. The van der Waals surface area contributed by atoms with Crippen molar-refractivity contribution in [3.05, 3.63) is 59.1 Å². The van der Waals surface area contributed by atoms with Crippen molar-refractivity contribution in [2.45, 2.75) is 49.0 Å². The van der Waals surface area contributed by atoms with E-state index in [9.17, 15) is 13.2 Å². The predicted molar refractivity (Wildman–Crippen MR) is 124 cm³/mol. The first-order valence-corrected chi connectivity index (χ1v) is 13.2. The zero-order chi connectivity index (χ0) is 21.6. The molecule has 1 amide bonds. The quantitative estimate of drug-likeness (QED) is 0.620. The molecule has 0 heterocycles. The van der Waals surface area contributed by atoms with E-state index in [2.05, 4.69) is 21.2 Å². The van der Waals surface area contributed by atoms with Crippen molar-refractivity contribution >= 4 is 37.5 Å². The third-order valence-corrected chi connectivity index (χ3v) is 9.44. The number of carbonyl (C=O) groups excluding carboxylic acids is 1. The van der Waals surface area contributed by atoms with E-state index in [0.29, 0.717) is 23.4 Å². The summed E-state index contributed by atoms with van der Waals surface area (Å²) in [7, 11) is -3.88. The number of hydrogen-bond donors (Lipinski definition) is 1. The largest absolute Gasteiger partial charge is 0.349 e. The Kier molecular flexibility index (Phi) is 5.37. The van der Waals surface area contributed by atoms with Gasteiger partial charge in [-0.25, -0.2) is 8.42 Å². The van der Waals surface area contributed by atoms with Crippen LogP contribution < -0.4 is 9.62 Å². The van der Waals surface area contributed by atoms with Crippen LogP contribution in [0.25, 0.3) is 0 Å². The molecular weight excluding hydrogens is 476 g/mol. The molecule has 31 heavy (non-hydrogen) atoms. The third-order valence-electron chi connectivity index (χ3n) is 7.16. The summed E-state index contributed by atoms with van der Waals surface area (Å²) in [5.74, 6) is 1.91. The van der Waals surface area contributed by atoms with Gasteiger partial charge in [0.2, 0.25) is 5.91 Å². The fourth-order valence-electron chi connectivity index (χ4n) is 6.40. The highest BCUT2D eigenvalue weighted by atomic mass is 79.9. The van der Waals surface area contributed by atoms with Gasteiger partial charge in [0.15, 0.2) is 0 Å². The Morgan fingerprint density at radius 3 is 2.16 bits per heavy atom. The maximum Gasteiger partial charge on any atom is 0.264 e. The van der Waals surface area contributed by atoms with Crippen LogP contribution in [0.1, 0.15) is 38.5 Å². The minimum atomic E-state index is -3.88. The molecule has 4 fully saturated rings. The van der Waals surface area contributed by atoms with Crippen LogP contribution >= 0.6 is 15.9 Å². The van der Waals surface area contributed by atoms with Gasteiger partial charge in [-0.2, -0.15) is 0 Å². The molecule has 2 aromatic rings. The molecule has 4 bridgehead atoms. The monoisotopic (exact) mass is 502 g/mol. The van der Waals surface area contributed by atoms with Gasteiger partial charge in [-0.15, -0.1) is 0 Å². The van der Waals surface area contributed by atoms with Crippen LogP contribution in [0.2, 0.25) is 0 Å². The molecule has 4 aliphatic rings. The summed E-state index contributed by atoms with van der Waals surface area (Å²) in [4.78, 5) is 13.4. The number of anilines is 1. The Balaban J connectivity index is 1.42. The molecular formula is C24H27BrN2O3S. The number of rotatable bonds is 6. The lowest BCUT2D eigenvalue weighted by atomic mass is 9.53. The van der Waals surface area contributed by atoms with Crippen molar-refractivity contribution in [3.63, 3.8) is 0 Å². The van der Waals surface area contributed by atoms with Gasteiger partial charge in [0.05, 0.1) is 10.6 Å². The van der Waals surface area contributed by atoms with Gasteiger partial charge < -0.3 is 5.32 Å². The smallest absolute Gasteiger partial charge is 0.264 e. The summed E-state index contributed by atoms with van der Waals surface area (Å²) in [6.45, 7) is -0.227. The number of benzene rings is 2. The molecule has 0 radical (unpaired) electrons.